The number of hydrogen-bond donors (Lipinski definition) is 2. The van der Waals surface area contributed by atoms with Gasteiger partial charge in [0, 0.05) is 12.5 Å². The van der Waals surface area contributed by atoms with E-state index in [1.165, 1.54) is 0 Å². The smallest absolute Gasteiger partial charge is 0.232 e. The highest BCUT2D eigenvalue weighted by Gasteiger charge is 2.16. The molecule has 1 rings (SSSR count). The van der Waals surface area contributed by atoms with Crippen molar-refractivity contribution < 1.29 is 22.0 Å². The van der Waals surface area contributed by atoms with Crippen LogP contribution in [0.25, 0.3) is 0 Å². The summed E-state index contributed by atoms with van der Waals surface area (Å²) in [4.78, 5) is 11.6. The van der Waals surface area contributed by atoms with E-state index in [0.29, 0.717) is 18.9 Å². The predicted molar refractivity (Wildman–Crippen MR) is 82.2 cm³/mol. The molecule has 0 aliphatic carbocycles. The van der Waals surface area contributed by atoms with E-state index in [0.717, 1.165) is 12.5 Å². The Morgan fingerprint density at radius 3 is 2.32 bits per heavy atom. The third-order valence-electron chi connectivity index (χ3n) is 2.83. The van der Waals surface area contributed by atoms with E-state index in [2.05, 4.69) is 10.0 Å². The highest BCUT2D eigenvalue weighted by Crippen LogP contribution is 2.24. The van der Waals surface area contributed by atoms with Crippen molar-refractivity contribution in [2.75, 3.05) is 15.8 Å². The van der Waals surface area contributed by atoms with Crippen LogP contribution in [0.2, 0.25) is 0 Å². The van der Waals surface area contributed by atoms with Crippen molar-refractivity contribution in [1.29, 1.82) is 0 Å². The molecular formula is C14H20F2N2O3S. The molecule has 0 fully saturated rings. The van der Waals surface area contributed by atoms with Crippen LogP contribution in [0.3, 0.4) is 0 Å². The van der Waals surface area contributed by atoms with Gasteiger partial charge in [-0.3, -0.25) is 9.52 Å². The van der Waals surface area contributed by atoms with Crippen LogP contribution in [0.15, 0.2) is 12.1 Å². The topological polar surface area (TPSA) is 75.3 Å². The Labute approximate surface area is 129 Å². The lowest BCUT2D eigenvalue weighted by Gasteiger charge is -2.12. The number of nitrogens with one attached hydrogen (secondary N) is 2. The first kappa shape index (κ1) is 18.3. The molecule has 0 saturated carbocycles. The average molecular weight is 334 g/mol. The summed E-state index contributed by atoms with van der Waals surface area (Å²) in [6.07, 6.45) is 2.02. The van der Waals surface area contributed by atoms with Gasteiger partial charge < -0.3 is 5.32 Å². The molecule has 5 nitrogen and oxygen atoms in total. The number of unbranched alkanes of at least 4 members (excludes halogenated alkanes) is 1. The van der Waals surface area contributed by atoms with Crippen LogP contribution in [0.5, 0.6) is 0 Å². The summed E-state index contributed by atoms with van der Waals surface area (Å²) < 4.78 is 52.7. The van der Waals surface area contributed by atoms with Gasteiger partial charge in [0.05, 0.1) is 17.1 Å². The summed E-state index contributed by atoms with van der Waals surface area (Å²) in [5.74, 6) is -2.58. The molecular weight excluding hydrogens is 314 g/mol. The molecule has 0 saturated heterocycles. The summed E-state index contributed by atoms with van der Waals surface area (Å²) >= 11 is 0. The zero-order chi connectivity index (χ0) is 16.8. The molecule has 0 radical (unpaired) electrons. The quantitative estimate of drug-likeness (QED) is 0.766. The van der Waals surface area contributed by atoms with Gasteiger partial charge in [-0.15, -0.1) is 0 Å². The van der Waals surface area contributed by atoms with E-state index in [4.69, 9.17) is 0 Å². The van der Waals surface area contributed by atoms with Crippen molar-refractivity contribution in [3.05, 3.63) is 23.8 Å². The molecule has 124 valence electrons. The van der Waals surface area contributed by atoms with Gasteiger partial charge in [-0.25, -0.2) is 17.2 Å². The fourth-order valence-electron chi connectivity index (χ4n) is 1.76. The molecule has 1 aromatic carbocycles. The van der Waals surface area contributed by atoms with Gasteiger partial charge in [0.1, 0.15) is 11.6 Å². The molecule has 1 aromatic rings. The average Bonchev–Trinajstić information content (AvgIpc) is 2.41. The first-order valence-corrected chi connectivity index (χ1v) is 8.73. The van der Waals surface area contributed by atoms with Crippen LogP contribution in [0, 0.1) is 11.6 Å². The van der Waals surface area contributed by atoms with Gasteiger partial charge in [-0.05, 0) is 18.9 Å². The van der Waals surface area contributed by atoms with E-state index in [9.17, 15) is 22.0 Å². The zero-order valence-corrected chi connectivity index (χ0v) is 13.4. The van der Waals surface area contributed by atoms with Crippen molar-refractivity contribution in [3.8, 4) is 0 Å². The minimum Gasteiger partial charge on any atom is -0.324 e. The summed E-state index contributed by atoms with van der Waals surface area (Å²) in [5.41, 5.74) is -0.641. The maximum Gasteiger partial charge on any atom is 0.232 e. The molecule has 8 heteroatoms. The predicted octanol–water partition coefficient (Wildman–Crippen LogP) is 3.25. The molecule has 1 amide bonds. The molecule has 0 aliphatic heterocycles. The van der Waals surface area contributed by atoms with Crippen LogP contribution in [0.4, 0.5) is 20.2 Å². The Morgan fingerprint density at radius 2 is 1.73 bits per heavy atom. The van der Waals surface area contributed by atoms with E-state index >= 15 is 0 Å². The summed E-state index contributed by atoms with van der Waals surface area (Å²) in [6, 6.07) is 1.49. The molecule has 0 aromatic heterocycles. The number of carbonyl (C=O) groups excluding carboxylic acids is 1. The Kier molecular flexibility index (Phi) is 6.73. The lowest BCUT2D eigenvalue weighted by atomic mass is 10.2. The van der Waals surface area contributed by atoms with E-state index < -0.39 is 27.6 Å². The van der Waals surface area contributed by atoms with Gasteiger partial charge in [0.2, 0.25) is 15.9 Å². The van der Waals surface area contributed by atoms with Crippen molar-refractivity contribution in [1.82, 2.24) is 0 Å². The number of carbonyl (C=O) groups is 1. The van der Waals surface area contributed by atoms with Gasteiger partial charge in [0.25, 0.3) is 0 Å². The van der Waals surface area contributed by atoms with Crippen LogP contribution in [0.1, 0.15) is 39.5 Å². The number of amides is 1. The molecule has 0 atom stereocenters. The van der Waals surface area contributed by atoms with Crippen LogP contribution >= 0.6 is 0 Å². The first-order valence-electron chi connectivity index (χ1n) is 7.08. The van der Waals surface area contributed by atoms with Crippen molar-refractivity contribution in [2.24, 2.45) is 0 Å². The summed E-state index contributed by atoms with van der Waals surface area (Å²) in [6.45, 7) is 3.58. The molecule has 0 unspecified atom stereocenters. The van der Waals surface area contributed by atoms with Gasteiger partial charge in [-0.1, -0.05) is 20.3 Å². The Morgan fingerprint density at radius 1 is 1.09 bits per heavy atom. The summed E-state index contributed by atoms with van der Waals surface area (Å²) in [5, 5.41) is 2.31. The monoisotopic (exact) mass is 334 g/mol. The molecule has 22 heavy (non-hydrogen) atoms. The van der Waals surface area contributed by atoms with Crippen molar-refractivity contribution in [2.45, 2.75) is 39.5 Å². The lowest BCUT2D eigenvalue weighted by Crippen LogP contribution is -2.18. The van der Waals surface area contributed by atoms with Crippen LogP contribution in [-0.2, 0) is 14.8 Å². The Hall–Kier alpha value is -1.70. The van der Waals surface area contributed by atoms with Crippen molar-refractivity contribution in [3.63, 3.8) is 0 Å². The number of sulfonamides is 1. The van der Waals surface area contributed by atoms with Gasteiger partial charge in [-0.2, -0.15) is 0 Å². The normalized spacial score (nSPS) is 11.3. The standard InChI is InChI=1S/C14H20F2N2O3S/c1-3-5-6-14(19)17-12-9-13(11(16)8-10(12)15)18-22(20,21)7-4-2/h8-9,18H,3-7H2,1-2H3,(H,17,19). The number of anilines is 2. The summed E-state index contributed by atoms with van der Waals surface area (Å²) in [7, 11) is -3.70. The highest BCUT2D eigenvalue weighted by atomic mass is 32.2. The Balaban J connectivity index is 2.97. The fraction of sp³-hybridized carbons (Fsp3) is 0.500. The van der Waals surface area contributed by atoms with Crippen LogP contribution in [-0.4, -0.2) is 20.1 Å². The number of hydrogen-bond acceptors (Lipinski definition) is 3. The molecule has 0 spiro atoms. The second kappa shape index (κ2) is 8.07. The third-order valence-corrected chi connectivity index (χ3v) is 4.30. The minimum absolute atomic E-state index is 0.179. The van der Waals surface area contributed by atoms with Gasteiger partial charge in [0.15, 0.2) is 0 Å². The largest absolute Gasteiger partial charge is 0.324 e. The maximum atomic E-state index is 13.7. The van der Waals surface area contributed by atoms with E-state index in [1.54, 1.807) is 6.92 Å². The van der Waals surface area contributed by atoms with E-state index in [-0.39, 0.29) is 23.5 Å². The first-order chi connectivity index (χ1) is 10.3. The molecule has 0 heterocycles. The zero-order valence-electron chi connectivity index (χ0n) is 12.6. The molecule has 2 N–H and O–H groups in total. The number of rotatable bonds is 8. The SMILES string of the molecule is CCCCC(=O)Nc1cc(NS(=O)(=O)CCC)c(F)cc1F. The second-order valence-electron chi connectivity index (χ2n) is 4.88. The van der Waals surface area contributed by atoms with E-state index in [1.807, 2.05) is 6.92 Å². The van der Waals surface area contributed by atoms with Crippen LogP contribution < -0.4 is 10.0 Å². The number of benzene rings is 1. The second-order valence-corrected chi connectivity index (χ2v) is 6.73. The van der Waals surface area contributed by atoms with Gasteiger partial charge >= 0.3 is 0 Å². The lowest BCUT2D eigenvalue weighted by molar-refractivity contribution is -0.116. The Bertz CT molecular complexity index is 633. The highest BCUT2D eigenvalue weighted by molar-refractivity contribution is 7.92. The fourth-order valence-corrected chi connectivity index (χ4v) is 2.89. The minimum atomic E-state index is -3.70. The number of halogens is 2. The maximum absolute atomic E-state index is 13.7. The third kappa shape index (κ3) is 5.59. The molecule has 0 aliphatic rings. The van der Waals surface area contributed by atoms with Crippen molar-refractivity contribution >= 4 is 27.3 Å². The molecule has 0 bridgehead atoms.